The van der Waals surface area contributed by atoms with E-state index in [1.807, 2.05) is 18.2 Å². The zero-order chi connectivity index (χ0) is 14.5. The van der Waals surface area contributed by atoms with Crippen LogP contribution in [0.2, 0.25) is 0 Å². The summed E-state index contributed by atoms with van der Waals surface area (Å²) >= 11 is 0. The van der Waals surface area contributed by atoms with Crippen molar-refractivity contribution in [3.05, 3.63) is 29.8 Å². The lowest BCUT2D eigenvalue weighted by Gasteiger charge is -2.24. The van der Waals surface area contributed by atoms with E-state index in [4.69, 9.17) is 10.00 Å². The third-order valence-electron chi connectivity index (χ3n) is 4.61. The first-order chi connectivity index (χ1) is 9.61. The minimum absolute atomic E-state index is 0.102. The molecule has 1 N–H and O–H groups in total. The summed E-state index contributed by atoms with van der Waals surface area (Å²) in [5.74, 6) is 2.32. The Morgan fingerprint density at radius 2 is 2.00 bits per heavy atom. The molecule has 108 valence electrons. The number of nitrogens with zero attached hydrogens (tertiary/aromatic N) is 1. The number of nitrogens with one attached hydrogen (secondary N) is 1. The van der Waals surface area contributed by atoms with Crippen LogP contribution in [-0.4, -0.2) is 12.6 Å². The molecular weight excluding hydrogens is 248 g/mol. The molecule has 4 unspecified atom stereocenters. The van der Waals surface area contributed by atoms with Crippen LogP contribution >= 0.6 is 0 Å². The highest BCUT2D eigenvalue weighted by atomic mass is 16.5. The van der Waals surface area contributed by atoms with Crippen molar-refractivity contribution in [3.8, 4) is 11.8 Å². The maximum atomic E-state index is 8.49. The van der Waals surface area contributed by atoms with Gasteiger partial charge in [0.1, 0.15) is 11.8 Å². The maximum absolute atomic E-state index is 8.49. The summed E-state index contributed by atoms with van der Waals surface area (Å²) in [6, 6.07) is 11.0. The molecule has 0 heterocycles. The first-order valence-corrected chi connectivity index (χ1v) is 7.47. The molecule has 1 saturated carbocycles. The van der Waals surface area contributed by atoms with Gasteiger partial charge in [0.05, 0.1) is 0 Å². The van der Waals surface area contributed by atoms with Gasteiger partial charge in [0, 0.05) is 12.1 Å². The van der Waals surface area contributed by atoms with Crippen LogP contribution in [-0.2, 0) is 0 Å². The van der Waals surface area contributed by atoms with Crippen LogP contribution in [0.15, 0.2) is 24.3 Å². The van der Waals surface area contributed by atoms with Crippen molar-refractivity contribution in [2.45, 2.75) is 45.7 Å². The Labute approximate surface area is 121 Å². The average molecular weight is 272 g/mol. The van der Waals surface area contributed by atoms with E-state index in [2.05, 4.69) is 38.2 Å². The van der Waals surface area contributed by atoms with Crippen molar-refractivity contribution >= 4 is 0 Å². The van der Waals surface area contributed by atoms with Crippen LogP contribution in [0, 0.1) is 23.2 Å². The van der Waals surface area contributed by atoms with Crippen LogP contribution < -0.4 is 10.1 Å². The molecule has 3 heteroatoms. The largest absolute Gasteiger partial charge is 0.479 e. The van der Waals surface area contributed by atoms with E-state index in [0.717, 1.165) is 17.6 Å². The molecule has 0 saturated heterocycles. The van der Waals surface area contributed by atoms with Gasteiger partial charge in [0.2, 0.25) is 0 Å². The van der Waals surface area contributed by atoms with Crippen LogP contribution in [0.5, 0.6) is 5.75 Å². The number of nitriles is 1. The van der Waals surface area contributed by atoms with Crippen LogP contribution in [0.25, 0.3) is 0 Å². The van der Waals surface area contributed by atoms with Gasteiger partial charge in [-0.1, -0.05) is 26.0 Å². The van der Waals surface area contributed by atoms with Gasteiger partial charge in [-0.2, -0.15) is 5.26 Å². The van der Waals surface area contributed by atoms with Gasteiger partial charge in [0.15, 0.2) is 6.61 Å². The number of rotatable bonds is 5. The van der Waals surface area contributed by atoms with E-state index in [1.54, 1.807) is 0 Å². The van der Waals surface area contributed by atoms with Crippen molar-refractivity contribution in [1.82, 2.24) is 5.32 Å². The van der Waals surface area contributed by atoms with Crippen molar-refractivity contribution < 1.29 is 4.74 Å². The lowest BCUT2D eigenvalue weighted by Crippen LogP contribution is -2.34. The first-order valence-electron chi connectivity index (χ1n) is 7.47. The summed E-state index contributed by atoms with van der Waals surface area (Å²) in [6.45, 7) is 7.00. The van der Waals surface area contributed by atoms with E-state index in [-0.39, 0.29) is 6.61 Å². The Morgan fingerprint density at radius 3 is 2.55 bits per heavy atom. The molecule has 1 aliphatic carbocycles. The predicted molar refractivity (Wildman–Crippen MR) is 80.5 cm³/mol. The Morgan fingerprint density at radius 1 is 1.30 bits per heavy atom. The van der Waals surface area contributed by atoms with Crippen molar-refractivity contribution in [3.63, 3.8) is 0 Å². The molecule has 0 bridgehead atoms. The molecule has 0 spiro atoms. The van der Waals surface area contributed by atoms with E-state index < -0.39 is 0 Å². The van der Waals surface area contributed by atoms with Gasteiger partial charge in [-0.05, 0) is 49.3 Å². The number of hydrogen-bond acceptors (Lipinski definition) is 3. The molecule has 1 aliphatic rings. The summed E-state index contributed by atoms with van der Waals surface area (Å²) in [6.07, 6.45) is 2.60. The van der Waals surface area contributed by atoms with Crippen LogP contribution in [0.1, 0.15) is 45.2 Å². The molecule has 2 rings (SSSR count). The van der Waals surface area contributed by atoms with Gasteiger partial charge in [-0.25, -0.2) is 0 Å². The SMILES string of the molecule is CC(NC1CCC(C)C1C)c1ccc(OCC#N)cc1. The van der Waals surface area contributed by atoms with Gasteiger partial charge in [-0.3, -0.25) is 0 Å². The lowest BCUT2D eigenvalue weighted by molar-refractivity contribution is 0.346. The van der Waals surface area contributed by atoms with E-state index in [9.17, 15) is 0 Å². The molecule has 20 heavy (non-hydrogen) atoms. The fourth-order valence-corrected chi connectivity index (χ4v) is 2.99. The highest BCUT2D eigenvalue weighted by Crippen LogP contribution is 2.32. The van der Waals surface area contributed by atoms with Crippen molar-refractivity contribution in [2.75, 3.05) is 6.61 Å². The van der Waals surface area contributed by atoms with Gasteiger partial charge < -0.3 is 10.1 Å². The zero-order valence-electron chi connectivity index (χ0n) is 12.6. The lowest BCUT2D eigenvalue weighted by atomic mass is 9.96. The van der Waals surface area contributed by atoms with Gasteiger partial charge in [0.25, 0.3) is 0 Å². The Hall–Kier alpha value is -1.53. The summed E-state index contributed by atoms with van der Waals surface area (Å²) < 4.78 is 5.27. The molecule has 1 fully saturated rings. The Kier molecular flexibility index (Phi) is 5.03. The van der Waals surface area contributed by atoms with Crippen molar-refractivity contribution in [2.24, 2.45) is 11.8 Å². The minimum atomic E-state index is 0.102. The third kappa shape index (κ3) is 3.52. The van der Waals surface area contributed by atoms with E-state index in [0.29, 0.717) is 12.1 Å². The second-order valence-electron chi connectivity index (χ2n) is 5.92. The summed E-state index contributed by atoms with van der Waals surface area (Å²) in [7, 11) is 0. The molecule has 0 aliphatic heterocycles. The zero-order valence-corrected chi connectivity index (χ0v) is 12.6. The normalized spacial score (nSPS) is 27.0. The molecule has 1 aromatic carbocycles. The second-order valence-corrected chi connectivity index (χ2v) is 5.92. The molecule has 3 nitrogen and oxygen atoms in total. The van der Waals surface area contributed by atoms with Gasteiger partial charge in [-0.15, -0.1) is 0 Å². The summed E-state index contributed by atoms with van der Waals surface area (Å²) in [4.78, 5) is 0. The second kappa shape index (κ2) is 6.76. The summed E-state index contributed by atoms with van der Waals surface area (Å²) in [5.41, 5.74) is 1.26. The molecule has 4 atom stereocenters. The predicted octanol–water partition coefficient (Wildman–Crippen LogP) is 3.67. The molecule has 0 aromatic heterocycles. The van der Waals surface area contributed by atoms with Gasteiger partial charge >= 0.3 is 0 Å². The molecule has 0 radical (unpaired) electrons. The Bertz CT molecular complexity index is 463. The first kappa shape index (κ1) is 14.9. The Balaban J connectivity index is 1.92. The van der Waals surface area contributed by atoms with E-state index >= 15 is 0 Å². The molecule has 1 aromatic rings. The van der Waals surface area contributed by atoms with Crippen LogP contribution in [0.4, 0.5) is 0 Å². The highest BCUT2D eigenvalue weighted by molar-refractivity contribution is 5.29. The quantitative estimate of drug-likeness (QED) is 0.889. The minimum Gasteiger partial charge on any atom is -0.479 e. The third-order valence-corrected chi connectivity index (χ3v) is 4.61. The number of ether oxygens (including phenoxy) is 1. The number of benzene rings is 1. The topological polar surface area (TPSA) is 45.0 Å². The number of hydrogen-bond donors (Lipinski definition) is 1. The van der Waals surface area contributed by atoms with Crippen LogP contribution in [0.3, 0.4) is 0 Å². The fraction of sp³-hybridized carbons (Fsp3) is 0.588. The monoisotopic (exact) mass is 272 g/mol. The average Bonchev–Trinajstić information content (AvgIpc) is 2.77. The standard InChI is InChI=1S/C17H24N2O/c1-12-4-9-17(13(12)2)19-14(3)15-5-7-16(8-6-15)20-11-10-18/h5-8,12-14,17,19H,4,9,11H2,1-3H3. The molecular formula is C17H24N2O. The van der Waals surface area contributed by atoms with Crippen molar-refractivity contribution in [1.29, 1.82) is 5.26 Å². The highest BCUT2D eigenvalue weighted by Gasteiger charge is 2.30. The summed E-state index contributed by atoms with van der Waals surface area (Å²) in [5, 5.41) is 12.2. The molecule has 0 amide bonds. The smallest absolute Gasteiger partial charge is 0.174 e. The fourth-order valence-electron chi connectivity index (χ4n) is 2.99. The maximum Gasteiger partial charge on any atom is 0.174 e. The van der Waals surface area contributed by atoms with E-state index in [1.165, 1.54) is 18.4 Å².